The number of thiazole rings is 1. The third kappa shape index (κ3) is 5.32. The maximum Gasteiger partial charge on any atom is 0.277 e. The average Bonchev–Trinajstić information content (AvgIpc) is 3.65. The van der Waals surface area contributed by atoms with Gasteiger partial charge in [-0.1, -0.05) is 30.0 Å². The fraction of sp³-hybridized carbons (Fsp3) is 0.360. The van der Waals surface area contributed by atoms with Gasteiger partial charge < -0.3 is 18.8 Å². The minimum atomic E-state index is 0.0944. The number of hydrogen-bond acceptors (Lipinski definition) is 10. The number of nitrogens with zero attached hydrogens (tertiary/aromatic N) is 5. The number of amides is 1. The monoisotopic (exact) mass is 523 g/mol. The molecular formula is C25H25N5O4S2. The van der Waals surface area contributed by atoms with Crippen molar-refractivity contribution in [2.75, 3.05) is 38.7 Å². The van der Waals surface area contributed by atoms with Crippen molar-refractivity contribution < 1.29 is 18.7 Å². The summed E-state index contributed by atoms with van der Waals surface area (Å²) >= 11 is 2.99. The fourth-order valence-corrected chi connectivity index (χ4v) is 5.96. The number of thioether (sulfide) groups is 1. The third-order valence-corrected chi connectivity index (χ3v) is 8.13. The largest absolute Gasteiger partial charge is 0.454 e. The molecule has 11 heteroatoms. The summed E-state index contributed by atoms with van der Waals surface area (Å²) in [5.41, 5.74) is 2.21. The van der Waals surface area contributed by atoms with Crippen molar-refractivity contribution in [1.29, 1.82) is 0 Å². The molecule has 1 amide bonds. The second-order valence-corrected chi connectivity index (χ2v) is 10.7. The van der Waals surface area contributed by atoms with Crippen molar-refractivity contribution >= 4 is 39.2 Å². The lowest BCUT2D eigenvalue weighted by molar-refractivity contribution is -0.130. The molecule has 4 aromatic rings. The van der Waals surface area contributed by atoms with Crippen LogP contribution in [-0.2, 0) is 24.2 Å². The van der Waals surface area contributed by atoms with E-state index in [2.05, 4.69) is 32.2 Å². The highest BCUT2D eigenvalue weighted by Crippen LogP contribution is 2.33. The maximum absolute atomic E-state index is 12.7. The molecule has 9 nitrogen and oxygen atoms in total. The van der Waals surface area contributed by atoms with Crippen molar-refractivity contribution in [1.82, 2.24) is 25.0 Å². The fourth-order valence-electron chi connectivity index (χ4n) is 4.31. The predicted molar refractivity (Wildman–Crippen MR) is 136 cm³/mol. The molecule has 2 aromatic heterocycles. The smallest absolute Gasteiger partial charge is 0.277 e. The summed E-state index contributed by atoms with van der Waals surface area (Å²) in [4.78, 5) is 21.6. The number of carbonyl (C=O) groups excluding carboxylic acids is 1. The van der Waals surface area contributed by atoms with Crippen LogP contribution in [0.4, 0.5) is 0 Å². The summed E-state index contributed by atoms with van der Waals surface area (Å²) in [5, 5.41) is 9.73. The minimum Gasteiger partial charge on any atom is -0.454 e. The lowest BCUT2D eigenvalue weighted by Gasteiger charge is -2.34. The Hall–Kier alpha value is -3.15. The molecule has 1 fully saturated rings. The maximum atomic E-state index is 12.7. The Balaban J connectivity index is 0.936. The molecule has 0 aliphatic carbocycles. The molecule has 0 unspecified atom stereocenters. The lowest BCUT2D eigenvalue weighted by atomic mass is 10.1. The minimum absolute atomic E-state index is 0.0944. The van der Waals surface area contributed by atoms with Gasteiger partial charge in [0.2, 0.25) is 18.6 Å². The van der Waals surface area contributed by atoms with Crippen molar-refractivity contribution in [3.63, 3.8) is 0 Å². The molecule has 6 rings (SSSR count). The first-order chi connectivity index (χ1) is 17.7. The second kappa shape index (κ2) is 10.5. The molecule has 2 aliphatic rings. The topological polar surface area (TPSA) is 93.8 Å². The Morgan fingerprint density at radius 2 is 1.86 bits per heavy atom. The summed E-state index contributed by atoms with van der Waals surface area (Å²) in [7, 11) is 0. The summed E-state index contributed by atoms with van der Waals surface area (Å²) in [5.74, 6) is 2.56. The van der Waals surface area contributed by atoms with Crippen LogP contribution in [0, 0.1) is 0 Å². The van der Waals surface area contributed by atoms with E-state index in [0.29, 0.717) is 36.4 Å². The van der Waals surface area contributed by atoms with E-state index >= 15 is 0 Å². The first-order valence-electron chi connectivity index (χ1n) is 11.9. The number of rotatable bonds is 8. The molecule has 2 aliphatic heterocycles. The quantitative estimate of drug-likeness (QED) is 0.321. The van der Waals surface area contributed by atoms with E-state index in [1.807, 2.05) is 35.2 Å². The van der Waals surface area contributed by atoms with Crippen LogP contribution < -0.4 is 9.47 Å². The van der Waals surface area contributed by atoms with Crippen LogP contribution in [0.5, 0.6) is 11.5 Å². The van der Waals surface area contributed by atoms with Crippen molar-refractivity contribution in [2.24, 2.45) is 0 Å². The van der Waals surface area contributed by atoms with Gasteiger partial charge in [0.05, 0.1) is 21.0 Å². The van der Waals surface area contributed by atoms with E-state index in [-0.39, 0.29) is 12.7 Å². The Labute approximate surface area is 216 Å². The molecule has 4 heterocycles. The van der Waals surface area contributed by atoms with Gasteiger partial charge in [0, 0.05) is 45.6 Å². The van der Waals surface area contributed by atoms with E-state index in [9.17, 15) is 4.79 Å². The summed E-state index contributed by atoms with van der Waals surface area (Å²) in [6.07, 6.45) is 1.38. The third-order valence-electron chi connectivity index (χ3n) is 6.23. The lowest BCUT2D eigenvalue weighted by Crippen LogP contribution is -2.48. The van der Waals surface area contributed by atoms with Crippen LogP contribution in [0.25, 0.3) is 10.2 Å². The molecule has 0 atom stereocenters. The summed E-state index contributed by atoms with van der Waals surface area (Å²) in [6, 6.07) is 14.2. The molecule has 186 valence electrons. The number of aryl methyl sites for hydroxylation is 2. The molecule has 0 saturated carbocycles. The molecule has 1 saturated heterocycles. The number of ether oxygens (including phenoxy) is 2. The van der Waals surface area contributed by atoms with Gasteiger partial charge in [-0.3, -0.25) is 9.69 Å². The van der Waals surface area contributed by atoms with Gasteiger partial charge >= 0.3 is 0 Å². The highest BCUT2D eigenvalue weighted by Gasteiger charge is 2.23. The summed E-state index contributed by atoms with van der Waals surface area (Å²) < 4.78 is 17.8. The average molecular weight is 524 g/mol. The van der Waals surface area contributed by atoms with E-state index in [1.54, 1.807) is 11.3 Å². The number of benzene rings is 2. The van der Waals surface area contributed by atoms with Gasteiger partial charge in [0.25, 0.3) is 5.22 Å². The van der Waals surface area contributed by atoms with Crippen molar-refractivity contribution in [2.45, 2.75) is 24.6 Å². The van der Waals surface area contributed by atoms with Crippen LogP contribution in [0.3, 0.4) is 0 Å². The number of hydrogen-bond donors (Lipinski definition) is 0. The van der Waals surface area contributed by atoms with E-state index in [0.717, 1.165) is 48.1 Å². The van der Waals surface area contributed by atoms with E-state index in [1.165, 1.54) is 22.0 Å². The number of fused-ring (bicyclic) bond motifs is 2. The Bertz CT molecular complexity index is 1330. The molecule has 0 spiro atoms. The molecule has 0 N–H and O–H groups in total. The first-order valence-corrected chi connectivity index (χ1v) is 13.7. The second-order valence-electron chi connectivity index (χ2n) is 8.67. The van der Waals surface area contributed by atoms with Gasteiger partial charge in [-0.2, -0.15) is 0 Å². The number of aromatic nitrogens is 3. The highest BCUT2D eigenvalue weighted by molar-refractivity contribution is 7.99. The predicted octanol–water partition coefficient (Wildman–Crippen LogP) is 3.63. The highest BCUT2D eigenvalue weighted by atomic mass is 32.2. The van der Waals surface area contributed by atoms with Crippen LogP contribution >= 0.6 is 23.1 Å². The van der Waals surface area contributed by atoms with E-state index < -0.39 is 0 Å². The molecular weight excluding hydrogens is 498 g/mol. The molecule has 0 radical (unpaired) electrons. The van der Waals surface area contributed by atoms with Gasteiger partial charge in [0.1, 0.15) is 0 Å². The van der Waals surface area contributed by atoms with Crippen molar-refractivity contribution in [3.05, 3.63) is 58.9 Å². The van der Waals surface area contributed by atoms with Gasteiger partial charge in [-0.25, -0.2) is 4.98 Å². The van der Waals surface area contributed by atoms with Crippen molar-refractivity contribution in [3.8, 4) is 11.5 Å². The zero-order valence-electron chi connectivity index (χ0n) is 19.6. The van der Waals surface area contributed by atoms with Gasteiger partial charge in [-0.15, -0.1) is 21.5 Å². The number of para-hydroxylation sites is 1. The van der Waals surface area contributed by atoms with Crippen LogP contribution in [-0.4, -0.2) is 69.6 Å². The zero-order chi connectivity index (χ0) is 24.3. The molecule has 0 bridgehead atoms. The summed E-state index contributed by atoms with van der Waals surface area (Å²) in [6.45, 7) is 4.20. The molecule has 2 aromatic carbocycles. The normalized spacial score (nSPS) is 15.6. The zero-order valence-corrected chi connectivity index (χ0v) is 21.2. The number of piperazine rings is 1. The first kappa shape index (κ1) is 23.3. The van der Waals surface area contributed by atoms with Gasteiger partial charge in [-0.05, 0) is 29.8 Å². The Morgan fingerprint density at radius 1 is 1.00 bits per heavy atom. The Morgan fingerprint density at radius 3 is 2.75 bits per heavy atom. The van der Waals surface area contributed by atoms with E-state index in [4.69, 9.17) is 13.9 Å². The number of carbonyl (C=O) groups is 1. The molecule has 36 heavy (non-hydrogen) atoms. The van der Waals surface area contributed by atoms with Gasteiger partial charge in [0.15, 0.2) is 11.5 Å². The standard InChI is InChI=1S/C25H25N5O4S2/c31-24(30-11-9-29(10-12-30)14-17-5-6-19-20(13-17)33-16-32-19)15-35-25-28-27-22(34-25)7-8-23-26-18-3-1-2-4-21(18)36-23/h1-6,13H,7-12,14-16H2. The van der Waals surface area contributed by atoms with Crippen LogP contribution in [0.1, 0.15) is 16.5 Å². The Kier molecular flexibility index (Phi) is 6.75. The van der Waals surface area contributed by atoms with Crippen LogP contribution in [0.2, 0.25) is 0 Å². The SMILES string of the molecule is O=C(CSc1nnc(CCc2nc3ccccc3s2)o1)N1CCN(Cc2ccc3c(c2)OCO3)CC1. The van der Waals surface area contributed by atoms with Crippen LogP contribution in [0.15, 0.2) is 52.1 Å².